The van der Waals surface area contributed by atoms with E-state index in [9.17, 15) is 25.0 Å². The topological polar surface area (TPSA) is 125 Å². The highest BCUT2D eigenvalue weighted by Gasteiger charge is 2.34. The first-order valence-corrected chi connectivity index (χ1v) is 11.2. The minimum Gasteiger partial charge on any atom is -0.493 e. The summed E-state index contributed by atoms with van der Waals surface area (Å²) >= 11 is 7.42. The second kappa shape index (κ2) is 9.57. The number of carbonyl (C=O) groups excluding carboxylic acids is 1. The number of rotatable bonds is 7. The van der Waals surface area contributed by atoms with Crippen molar-refractivity contribution in [2.75, 3.05) is 17.8 Å². The molecule has 3 aromatic rings. The lowest BCUT2D eigenvalue weighted by Gasteiger charge is -2.25. The van der Waals surface area contributed by atoms with Crippen LogP contribution in [-0.2, 0) is 4.79 Å². The Morgan fingerprint density at radius 1 is 0.971 bits per heavy atom. The van der Waals surface area contributed by atoms with Crippen LogP contribution in [0.5, 0.6) is 17.2 Å². The Morgan fingerprint density at radius 3 is 2.32 bits per heavy atom. The number of non-ortho nitro benzene ring substituents is 1. The largest absolute Gasteiger partial charge is 0.493 e. The Labute approximate surface area is 202 Å². The number of halogens is 1. The van der Waals surface area contributed by atoms with Crippen LogP contribution in [0.15, 0.2) is 60.7 Å². The molecular formula is C22H16ClN3O7S. The number of hydrogen-bond donors (Lipinski definition) is 0. The summed E-state index contributed by atoms with van der Waals surface area (Å²) in [7, 11) is 1.42. The molecule has 0 unspecified atom stereocenters. The molecule has 1 saturated heterocycles. The molecular weight excluding hydrogens is 486 g/mol. The normalized spacial score (nSPS) is 15.3. The molecule has 12 heteroatoms. The molecule has 3 aromatic carbocycles. The molecule has 1 aliphatic rings. The van der Waals surface area contributed by atoms with E-state index < -0.39 is 21.2 Å². The zero-order valence-corrected chi connectivity index (χ0v) is 19.1. The number of nitro groups is 2. The van der Waals surface area contributed by atoms with Crippen LogP contribution in [0.1, 0.15) is 10.9 Å². The molecule has 0 aromatic heterocycles. The Bertz CT molecular complexity index is 1290. The van der Waals surface area contributed by atoms with Crippen molar-refractivity contribution in [1.82, 2.24) is 0 Å². The molecule has 1 aliphatic heterocycles. The molecule has 0 N–H and O–H groups in total. The first-order valence-electron chi connectivity index (χ1n) is 9.76. The number of amides is 1. The summed E-state index contributed by atoms with van der Waals surface area (Å²) in [6, 6.07) is 15.1. The molecule has 1 atom stereocenters. The Kier molecular flexibility index (Phi) is 6.57. The first kappa shape index (κ1) is 23.3. The first-order chi connectivity index (χ1) is 16.3. The zero-order chi connectivity index (χ0) is 24.4. The van der Waals surface area contributed by atoms with Crippen molar-refractivity contribution >= 4 is 46.3 Å². The molecule has 0 spiro atoms. The van der Waals surface area contributed by atoms with Crippen LogP contribution < -0.4 is 14.4 Å². The molecule has 1 amide bonds. The summed E-state index contributed by atoms with van der Waals surface area (Å²) in [5.74, 6) is 0.521. The van der Waals surface area contributed by atoms with Gasteiger partial charge in [-0.05, 0) is 48.0 Å². The van der Waals surface area contributed by atoms with E-state index in [1.807, 2.05) is 0 Å². The third-order valence-corrected chi connectivity index (χ3v) is 6.48. The quantitative estimate of drug-likeness (QED) is 0.296. The molecule has 1 heterocycles. The molecule has 34 heavy (non-hydrogen) atoms. The third-order valence-electron chi connectivity index (χ3n) is 5.02. The molecule has 10 nitrogen and oxygen atoms in total. The second-order valence-corrected chi connectivity index (χ2v) is 8.59. The number of methoxy groups -OCH3 is 1. The van der Waals surface area contributed by atoms with Crippen molar-refractivity contribution < 1.29 is 24.1 Å². The highest BCUT2D eigenvalue weighted by molar-refractivity contribution is 8.00. The number of carbonyl (C=O) groups is 1. The van der Waals surface area contributed by atoms with E-state index in [4.69, 9.17) is 21.1 Å². The highest BCUT2D eigenvalue weighted by Crippen LogP contribution is 2.45. The number of hydrogen-bond acceptors (Lipinski definition) is 8. The van der Waals surface area contributed by atoms with Crippen LogP contribution >= 0.6 is 23.4 Å². The molecule has 0 aliphatic carbocycles. The lowest BCUT2D eigenvalue weighted by molar-refractivity contribution is -0.394. The number of ether oxygens (including phenoxy) is 2. The molecule has 0 radical (unpaired) electrons. The van der Waals surface area contributed by atoms with Gasteiger partial charge in [0, 0.05) is 16.8 Å². The van der Waals surface area contributed by atoms with Gasteiger partial charge in [0.05, 0.1) is 28.8 Å². The van der Waals surface area contributed by atoms with Crippen LogP contribution in [0.2, 0.25) is 5.02 Å². The average Bonchev–Trinajstić information content (AvgIpc) is 3.21. The molecule has 174 valence electrons. The Morgan fingerprint density at radius 2 is 1.68 bits per heavy atom. The number of anilines is 1. The third kappa shape index (κ3) is 4.61. The van der Waals surface area contributed by atoms with E-state index in [1.165, 1.54) is 18.9 Å². The maximum atomic E-state index is 12.6. The van der Waals surface area contributed by atoms with Crippen molar-refractivity contribution in [3.63, 3.8) is 0 Å². The van der Waals surface area contributed by atoms with Gasteiger partial charge in [-0.2, -0.15) is 0 Å². The fourth-order valence-corrected chi connectivity index (χ4v) is 4.73. The minimum atomic E-state index is -0.756. The van der Waals surface area contributed by atoms with Crippen molar-refractivity contribution in [2.45, 2.75) is 5.37 Å². The number of nitrogens with zero attached hydrogens (tertiary/aromatic N) is 3. The molecule has 4 rings (SSSR count). The van der Waals surface area contributed by atoms with Gasteiger partial charge in [-0.25, -0.2) is 0 Å². The van der Waals surface area contributed by atoms with Crippen LogP contribution in [0.4, 0.5) is 17.1 Å². The number of nitro benzene ring substituents is 2. The predicted octanol–water partition coefficient (Wildman–Crippen LogP) is 5.74. The van der Waals surface area contributed by atoms with Gasteiger partial charge >= 0.3 is 5.69 Å². The monoisotopic (exact) mass is 501 g/mol. The van der Waals surface area contributed by atoms with Gasteiger partial charge in [-0.1, -0.05) is 17.7 Å². The molecule has 1 fully saturated rings. The summed E-state index contributed by atoms with van der Waals surface area (Å²) in [6.45, 7) is 0. The van der Waals surface area contributed by atoms with Gasteiger partial charge in [0.2, 0.25) is 11.7 Å². The highest BCUT2D eigenvalue weighted by atomic mass is 35.5. The van der Waals surface area contributed by atoms with Crippen LogP contribution in [-0.4, -0.2) is 28.6 Å². The van der Waals surface area contributed by atoms with Crippen LogP contribution in [0.3, 0.4) is 0 Å². The van der Waals surface area contributed by atoms with Gasteiger partial charge in [0.25, 0.3) is 5.69 Å². The van der Waals surface area contributed by atoms with Crippen molar-refractivity contribution in [1.29, 1.82) is 0 Å². The summed E-state index contributed by atoms with van der Waals surface area (Å²) in [5.41, 5.74) is 0.483. The van der Waals surface area contributed by atoms with Crippen molar-refractivity contribution in [3.8, 4) is 17.2 Å². The standard InChI is InChI=1S/C22H16ClN3O7S/c1-32-20-10-13(22-24(21(27)12-34-22)15-5-3-14(23)4-6-15)2-8-19(20)33-18-9-7-16(25(28)29)11-17(18)26(30)31/h2-11,22H,12H2,1H3/t22-/m0/s1. The van der Waals surface area contributed by atoms with Gasteiger partial charge < -0.3 is 9.47 Å². The fourth-order valence-electron chi connectivity index (χ4n) is 3.44. The molecule has 0 bridgehead atoms. The maximum Gasteiger partial charge on any atom is 0.318 e. The van der Waals surface area contributed by atoms with Crippen molar-refractivity contribution in [2.24, 2.45) is 0 Å². The average molecular weight is 502 g/mol. The van der Waals surface area contributed by atoms with E-state index >= 15 is 0 Å². The van der Waals surface area contributed by atoms with Gasteiger partial charge in [0.15, 0.2) is 11.5 Å². The van der Waals surface area contributed by atoms with E-state index in [0.717, 1.165) is 23.8 Å². The SMILES string of the molecule is COc1cc([C@@H]2SCC(=O)N2c2ccc(Cl)cc2)ccc1Oc1ccc([N+](=O)[O-])cc1[N+](=O)[O-]. The van der Waals surface area contributed by atoms with Gasteiger partial charge in [-0.3, -0.25) is 29.9 Å². The van der Waals surface area contributed by atoms with Gasteiger partial charge in [-0.15, -0.1) is 11.8 Å². The minimum absolute atomic E-state index is 0.0573. The van der Waals surface area contributed by atoms with E-state index in [0.29, 0.717) is 16.5 Å². The Balaban J connectivity index is 1.66. The van der Waals surface area contributed by atoms with Crippen LogP contribution in [0.25, 0.3) is 0 Å². The smallest absolute Gasteiger partial charge is 0.318 e. The predicted molar refractivity (Wildman–Crippen MR) is 127 cm³/mol. The van der Waals surface area contributed by atoms with E-state index in [1.54, 1.807) is 47.4 Å². The zero-order valence-electron chi connectivity index (χ0n) is 17.5. The number of benzene rings is 3. The number of thioether (sulfide) groups is 1. The maximum absolute atomic E-state index is 12.6. The lowest BCUT2D eigenvalue weighted by atomic mass is 10.1. The lowest BCUT2D eigenvalue weighted by Crippen LogP contribution is -2.27. The summed E-state index contributed by atoms with van der Waals surface area (Å²) in [4.78, 5) is 35.2. The van der Waals surface area contributed by atoms with Crippen molar-refractivity contribution in [3.05, 3.63) is 91.5 Å². The summed E-state index contributed by atoms with van der Waals surface area (Å²) in [5, 5.41) is 22.6. The second-order valence-electron chi connectivity index (χ2n) is 7.08. The Hall–Kier alpha value is -3.83. The summed E-state index contributed by atoms with van der Waals surface area (Å²) < 4.78 is 11.1. The molecule has 0 saturated carbocycles. The van der Waals surface area contributed by atoms with E-state index in [-0.39, 0.29) is 28.5 Å². The van der Waals surface area contributed by atoms with Crippen LogP contribution in [0, 0.1) is 20.2 Å². The van der Waals surface area contributed by atoms with E-state index in [2.05, 4.69) is 0 Å². The summed E-state index contributed by atoms with van der Waals surface area (Å²) in [6.07, 6.45) is 0. The fraction of sp³-hybridized carbons (Fsp3) is 0.136. The van der Waals surface area contributed by atoms with Gasteiger partial charge in [0.1, 0.15) is 5.37 Å².